The lowest BCUT2D eigenvalue weighted by Crippen LogP contribution is -2.39. The van der Waals surface area contributed by atoms with E-state index in [-0.39, 0.29) is 11.8 Å². The molecule has 0 saturated heterocycles. The van der Waals surface area contributed by atoms with Crippen LogP contribution in [0.1, 0.15) is 24.2 Å². The van der Waals surface area contributed by atoms with Crippen molar-refractivity contribution in [1.29, 1.82) is 0 Å². The molecule has 0 aromatic carbocycles. The van der Waals surface area contributed by atoms with Gasteiger partial charge in [-0.25, -0.2) is 0 Å². The molecule has 0 spiro atoms. The van der Waals surface area contributed by atoms with Crippen LogP contribution in [0.15, 0.2) is 11.4 Å². The molecule has 88 valence electrons. The highest BCUT2D eigenvalue weighted by Gasteiger charge is 2.19. The Morgan fingerprint density at radius 1 is 1.44 bits per heavy atom. The van der Waals surface area contributed by atoms with Gasteiger partial charge in [0.05, 0.1) is 11.6 Å². The lowest BCUT2D eigenvalue weighted by molar-refractivity contribution is -0.118. The molecule has 0 bridgehead atoms. The van der Waals surface area contributed by atoms with E-state index in [0.29, 0.717) is 10.6 Å². The average Bonchev–Trinajstić information content (AvgIpc) is 2.64. The standard InChI is InChI=1S/C10H15N3O2S/c1-5(2)7(11)9(15)13-10-6(8(12)14)3-4-16-10/h3-5,7H,11H2,1-2H3,(H2,12,14)(H,13,15). The fourth-order valence-corrected chi connectivity index (χ4v) is 1.89. The van der Waals surface area contributed by atoms with Crippen molar-refractivity contribution >= 4 is 28.2 Å². The van der Waals surface area contributed by atoms with Gasteiger partial charge in [0.2, 0.25) is 5.91 Å². The Morgan fingerprint density at radius 3 is 2.56 bits per heavy atom. The summed E-state index contributed by atoms with van der Waals surface area (Å²) < 4.78 is 0. The molecule has 0 aliphatic rings. The minimum atomic E-state index is -0.595. The molecule has 1 atom stereocenters. The van der Waals surface area contributed by atoms with Crippen molar-refractivity contribution in [1.82, 2.24) is 0 Å². The zero-order valence-corrected chi connectivity index (χ0v) is 10.0. The first kappa shape index (κ1) is 12.7. The third kappa shape index (κ3) is 2.80. The fourth-order valence-electron chi connectivity index (χ4n) is 1.10. The molecule has 0 aliphatic heterocycles. The predicted molar refractivity (Wildman–Crippen MR) is 64.3 cm³/mol. The highest BCUT2D eigenvalue weighted by atomic mass is 32.1. The van der Waals surface area contributed by atoms with Crippen LogP contribution in [-0.4, -0.2) is 17.9 Å². The summed E-state index contributed by atoms with van der Waals surface area (Å²) in [6.07, 6.45) is 0. The molecule has 1 rings (SSSR count). The Labute approximate surface area is 97.8 Å². The Bertz CT molecular complexity index is 401. The van der Waals surface area contributed by atoms with Gasteiger partial charge in [-0.15, -0.1) is 11.3 Å². The number of nitrogens with one attached hydrogen (secondary N) is 1. The molecule has 0 radical (unpaired) electrons. The molecule has 1 aromatic rings. The predicted octanol–water partition coefficient (Wildman–Crippen LogP) is 0.769. The Morgan fingerprint density at radius 2 is 2.06 bits per heavy atom. The van der Waals surface area contributed by atoms with Crippen LogP contribution in [0.5, 0.6) is 0 Å². The maximum Gasteiger partial charge on any atom is 0.251 e. The second-order valence-electron chi connectivity index (χ2n) is 3.79. The van der Waals surface area contributed by atoms with Crippen molar-refractivity contribution in [3.05, 3.63) is 17.0 Å². The second-order valence-corrected chi connectivity index (χ2v) is 4.70. The Hall–Kier alpha value is -1.40. The van der Waals surface area contributed by atoms with E-state index in [9.17, 15) is 9.59 Å². The number of nitrogens with two attached hydrogens (primary N) is 2. The van der Waals surface area contributed by atoms with Gasteiger partial charge < -0.3 is 16.8 Å². The summed E-state index contributed by atoms with van der Waals surface area (Å²) in [6.45, 7) is 3.71. The van der Waals surface area contributed by atoms with Gasteiger partial charge in [-0.2, -0.15) is 0 Å². The van der Waals surface area contributed by atoms with Crippen molar-refractivity contribution in [2.45, 2.75) is 19.9 Å². The number of amides is 2. The van der Waals surface area contributed by atoms with E-state index in [1.807, 2.05) is 13.8 Å². The highest BCUT2D eigenvalue weighted by Crippen LogP contribution is 2.22. The number of primary amides is 1. The van der Waals surface area contributed by atoms with Gasteiger partial charge in [-0.3, -0.25) is 9.59 Å². The number of hydrogen-bond acceptors (Lipinski definition) is 4. The summed E-state index contributed by atoms with van der Waals surface area (Å²) in [5, 5.41) is 4.75. The summed E-state index contributed by atoms with van der Waals surface area (Å²) in [5.74, 6) is -0.827. The van der Waals surface area contributed by atoms with Crippen LogP contribution in [0, 0.1) is 5.92 Å². The van der Waals surface area contributed by atoms with Crippen molar-refractivity contribution in [3.63, 3.8) is 0 Å². The summed E-state index contributed by atoms with van der Waals surface area (Å²) in [7, 11) is 0. The average molecular weight is 241 g/mol. The minimum Gasteiger partial charge on any atom is -0.366 e. The lowest BCUT2D eigenvalue weighted by Gasteiger charge is -2.14. The van der Waals surface area contributed by atoms with Crippen LogP contribution < -0.4 is 16.8 Å². The summed E-state index contributed by atoms with van der Waals surface area (Å²) in [4.78, 5) is 22.7. The lowest BCUT2D eigenvalue weighted by atomic mass is 10.1. The fraction of sp³-hybridized carbons (Fsp3) is 0.400. The van der Waals surface area contributed by atoms with E-state index >= 15 is 0 Å². The molecule has 1 heterocycles. The SMILES string of the molecule is CC(C)C(N)C(=O)Nc1sccc1C(N)=O. The maximum absolute atomic E-state index is 11.6. The van der Waals surface area contributed by atoms with E-state index in [1.54, 1.807) is 11.4 Å². The number of hydrogen-bond donors (Lipinski definition) is 3. The van der Waals surface area contributed by atoms with E-state index in [2.05, 4.69) is 5.32 Å². The number of anilines is 1. The second kappa shape index (κ2) is 5.09. The molecule has 6 heteroatoms. The molecule has 0 aliphatic carbocycles. The zero-order valence-electron chi connectivity index (χ0n) is 9.19. The molecular weight excluding hydrogens is 226 g/mol. The normalized spacial score (nSPS) is 12.5. The molecule has 2 amide bonds. The molecule has 0 saturated carbocycles. The topological polar surface area (TPSA) is 98.2 Å². The van der Waals surface area contributed by atoms with Crippen LogP contribution in [0.25, 0.3) is 0 Å². The third-order valence-corrected chi connectivity index (χ3v) is 3.02. The molecule has 1 unspecified atom stereocenters. The van der Waals surface area contributed by atoms with Crippen molar-refractivity contribution in [2.75, 3.05) is 5.32 Å². The van der Waals surface area contributed by atoms with Crippen LogP contribution in [0.4, 0.5) is 5.00 Å². The maximum atomic E-state index is 11.6. The van der Waals surface area contributed by atoms with Gasteiger partial charge in [0.15, 0.2) is 0 Å². The Balaban J connectivity index is 2.77. The monoisotopic (exact) mass is 241 g/mol. The smallest absolute Gasteiger partial charge is 0.251 e. The molecular formula is C10H15N3O2S. The van der Waals surface area contributed by atoms with E-state index in [0.717, 1.165) is 0 Å². The number of rotatable bonds is 4. The zero-order chi connectivity index (χ0) is 12.3. The molecule has 1 aromatic heterocycles. The largest absolute Gasteiger partial charge is 0.366 e. The minimum absolute atomic E-state index is 0.0389. The van der Waals surface area contributed by atoms with E-state index in [4.69, 9.17) is 11.5 Å². The van der Waals surface area contributed by atoms with Gasteiger partial charge in [-0.05, 0) is 17.4 Å². The van der Waals surface area contributed by atoms with Gasteiger partial charge in [0.25, 0.3) is 5.91 Å². The Kier molecular flexibility index (Phi) is 4.03. The first-order chi connectivity index (χ1) is 7.43. The van der Waals surface area contributed by atoms with E-state index in [1.165, 1.54) is 11.3 Å². The first-order valence-corrected chi connectivity index (χ1v) is 5.75. The summed E-state index contributed by atoms with van der Waals surface area (Å²) in [5.41, 5.74) is 11.1. The summed E-state index contributed by atoms with van der Waals surface area (Å²) in [6, 6.07) is 0.978. The third-order valence-electron chi connectivity index (χ3n) is 2.19. The number of carbonyl (C=O) groups is 2. The van der Waals surface area contributed by atoms with Gasteiger partial charge in [0, 0.05) is 0 Å². The quantitative estimate of drug-likeness (QED) is 0.726. The summed E-state index contributed by atoms with van der Waals surface area (Å²) >= 11 is 1.25. The first-order valence-electron chi connectivity index (χ1n) is 4.87. The van der Waals surface area contributed by atoms with Gasteiger partial charge >= 0.3 is 0 Å². The van der Waals surface area contributed by atoms with Crippen molar-refractivity contribution in [2.24, 2.45) is 17.4 Å². The van der Waals surface area contributed by atoms with Gasteiger partial charge in [0.1, 0.15) is 5.00 Å². The van der Waals surface area contributed by atoms with Gasteiger partial charge in [-0.1, -0.05) is 13.8 Å². The molecule has 5 nitrogen and oxygen atoms in total. The number of thiophene rings is 1. The van der Waals surface area contributed by atoms with Crippen molar-refractivity contribution < 1.29 is 9.59 Å². The van der Waals surface area contributed by atoms with Crippen molar-refractivity contribution in [3.8, 4) is 0 Å². The highest BCUT2D eigenvalue weighted by molar-refractivity contribution is 7.14. The van der Waals surface area contributed by atoms with E-state index < -0.39 is 11.9 Å². The molecule has 16 heavy (non-hydrogen) atoms. The molecule has 0 fully saturated rings. The number of carbonyl (C=O) groups excluding carboxylic acids is 2. The van der Waals surface area contributed by atoms with Crippen LogP contribution >= 0.6 is 11.3 Å². The van der Waals surface area contributed by atoms with Crippen LogP contribution in [0.3, 0.4) is 0 Å². The van der Waals surface area contributed by atoms with Crippen LogP contribution in [0.2, 0.25) is 0 Å². The van der Waals surface area contributed by atoms with Crippen LogP contribution in [-0.2, 0) is 4.79 Å². The molecule has 5 N–H and O–H groups in total.